The van der Waals surface area contributed by atoms with Crippen LogP contribution in [0.3, 0.4) is 0 Å². The van der Waals surface area contributed by atoms with Gasteiger partial charge in [-0.1, -0.05) is 23.2 Å². The molecule has 0 unspecified atom stereocenters. The summed E-state index contributed by atoms with van der Waals surface area (Å²) in [5, 5.41) is 4.59. The fourth-order valence-corrected chi connectivity index (χ4v) is 3.34. The van der Waals surface area contributed by atoms with Crippen LogP contribution in [0.2, 0.25) is 10.0 Å². The summed E-state index contributed by atoms with van der Waals surface area (Å²) in [7, 11) is 0. The Labute approximate surface area is 127 Å². The number of benzene rings is 1. The number of hydrogen-bond donors (Lipinski definition) is 1. The van der Waals surface area contributed by atoms with Crippen molar-refractivity contribution in [2.75, 3.05) is 31.9 Å². The second kappa shape index (κ2) is 7.39. The third-order valence-corrected chi connectivity index (χ3v) is 4.67. The van der Waals surface area contributed by atoms with Gasteiger partial charge in [-0.05, 0) is 18.2 Å². The van der Waals surface area contributed by atoms with Crippen LogP contribution in [0, 0.1) is 0 Å². The molecule has 2 rings (SSSR count). The summed E-state index contributed by atoms with van der Waals surface area (Å²) in [6, 6.07) is 5.38. The van der Waals surface area contributed by atoms with Gasteiger partial charge >= 0.3 is 0 Å². The van der Waals surface area contributed by atoms with Crippen molar-refractivity contribution < 1.29 is 4.79 Å². The minimum Gasteiger partial charge on any atom is -0.340 e. The van der Waals surface area contributed by atoms with Crippen LogP contribution in [0.1, 0.15) is 6.42 Å². The number of nitrogens with one attached hydrogen (secondary N) is 1. The molecule has 0 saturated carbocycles. The predicted octanol–water partition coefficient (Wildman–Crippen LogP) is 2.91. The molecular formula is C13H16Cl2N2OS. The van der Waals surface area contributed by atoms with Crippen LogP contribution in [0.5, 0.6) is 0 Å². The number of thioether (sulfide) groups is 1. The molecule has 1 heterocycles. The maximum absolute atomic E-state index is 12.0. The normalized spacial score (nSPS) is 15.6. The molecule has 1 saturated heterocycles. The molecule has 1 aliphatic heterocycles. The van der Waals surface area contributed by atoms with Gasteiger partial charge in [0, 0.05) is 48.3 Å². The van der Waals surface area contributed by atoms with Crippen molar-refractivity contribution >= 4 is 40.9 Å². The Balaban J connectivity index is 1.79. The van der Waals surface area contributed by atoms with Gasteiger partial charge in [-0.25, -0.2) is 0 Å². The van der Waals surface area contributed by atoms with Crippen LogP contribution in [0.25, 0.3) is 0 Å². The zero-order valence-corrected chi connectivity index (χ0v) is 12.8. The van der Waals surface area contributed by atoms with E-state index in [0.717, 1.165) is 36.8 Å². The molecular weight excluding hydrogens is 303 g/mol. The molecule has 0 radical (unpaired) electrons. The molecule has 6 heteroatoms. The van der Waals surface area contributed by atoms with Gasteiger partial charge in [-0.2, -0.15) is 0 Å². The molecule has 104 valence electrons. The molecule has 0 spiro atoms. The van der Waals surface area contributed by atoms with E-state index in [1.54, 1.807) is 23.9 Å². The Bertz CT molecular complexity index is 450. The van der Waals surface area contributed by atoms with E-state index in [4.69, 9.17) is 23.2 Å². The number of amides is 1. The lowest BCUT2D eigenvalue weighted by molar-refractivity contribution is -0.131. The molecule has 1 amide bonds. The maximum atomic E-state index is 12.0. The second-order valence-electron chi connectivity index (χ2n) is 4.30. The summed E-state index contributed by atoms with van der Waals surface area (Å²) in [6.45, 7) is 3.39. The molecule has 1 aliphatic rings. The van der Waals surface area contributed by atoms with Crippen molar-refractivity contribution in [1.29, 1.82) is 0 Å². The molecule has 1 fully saturated rings. The fourth-order valence-electron chi connectivity index (χ4n) is 1.91. The summed E-state index contributed by atoms with van der Waals surface area (Å²) in [4.78, 5) is 14.8. The van der Waals surface area contributed by atoms with E-state index < -0.39 is 0 Å². The average molecular weight is 319 g/mol. The summed E-state index contributed by atoms with van der Waals surface area (Å²) in [5.41, 5.74) is 0. The summed E-state index contributed by atoms with van der Waals surface area (Å²) in [5.74, 6) is 0.940. The predicted molar refractivity (Wildman–Crippen MR) is 81.3 cm³/mol. The lowest BCUT2D eigenvalue weighted by Gasteiger charge is -2.27. The standard InChI is InChI=1S/C13H16Cl2N2OS/c14-10-1-2-11(15)12(9-10)19-8-3-13(18)17-6-4-16-5-7-17/h1-2,9,16H,3-8H2. The van der Waals surface area contributed by atoms with E-state index in [9.17, 15) is 4.79 Å². The van der Waals surface area contributed by atoms with Crippen molar-refractivity contribution in [2.24, 2.45) is 0 Å². The average Bonchev–Trinajstić information content (AvgIpc) is 2.43. The first-order chi connectivity index (χ1) is 9.16. The highest BCUT2D eigenvalue weighted by Crippen LogP contribution is 2.30. The van der Waals surface area contributed by atoms with Crippen LogP contribution in [0.4, 0.5) is 0 Å². The molecule has 1 aromatic rings. The quantitative estimate of drug-likeness (QED) is 0.866. The highest BCUT2D eigenvalue weighted by molar-refractivity contribution is 7.99. The van der Waals surface area contributed by atoms with Gasteiger partial charge < -0.3 is 10.2 Å². The Morgan fingerprint density at radius 3 is 2.79 bits per heavy atom. The highest BCUT2D eigenvalue weighted by Gasteiger charge is 2.15. The van der Waals surface area contributed by atoms with Gasteiger partial charge in [0.25, 0.3) is 0 Å². The Kier molecular flexibility index (Phi) is 5.82. The monoisotopic (exact) mass is 318 g/mol. The van der Waals surface area contributed by atoms with Crippen LogP contribution in [-0.2, 0) is 4.79 Å². The lowest BCUT2D eigenvalue weighted by Crippen LogP contribution is -2.46. The zero-order chi connectivity index (χ0) is 13.7. The molecule has 1 N–H and O–H groups in total. The third-order valence-electron chi connectivity index (χ3n) is 2.94. The first-order valence-electron chi connectivity index (χ1n) is 6.23. The Morgan fingerprint density at radius 2 is 2.05 bits per heavy atom. The molecule has 0 aliphatic carbocycles. The third kappa shape index (κ3) is 4.56. The number of carbonyl (C=O) groups is 1. The largest absolute Gasteiger partial charge is 0.340 e. The van der Waals surface area contributed by atoms with E-state index in [-0.39, 0.29) is 5.91 Å². The highest BCUT2D eigenvalue weighted by atomic mass is 35.5. The van der Waals surface area contributed by atoms with Crippen molar-refractivity contribution in [1.82, 2.24) is 10.2 Å². The molecule has 0 aromatic heterocycles. The van der Waals surface area contributed by atoms with Gasteiger partial charge in [0.05, 0.1) is 5.02 Å². The number of nitrogens with zero attached hydrogens (tertiary/aromatic N) is 1. The summed E-state index contributed by atoms with van der Waals surface area (Å²) < 4.78 is 0. The second-order valence-corrected chi connectivity index (χ2v) is 6.28. The number of halogens is 2. The topological polar surface area (TPSA) is 32.3 Å². The minimum absolute atomic E-state index is 0.215. The van der Waals surface area contributed by atoms with E-state index in [1.807, 2.05) is 11.0 Å². The first-order valence-corrected chi connectivity index (χ1v) is 7.97. The van der Waals surface area contributed by atoms with Crippen LogP contribution in [-0.4, -0.2) is 42.7 Å². The van der Waals surface area contributed by atoms with E-state index in [2.05, 4.69) is 5.32 Å². The zero-order valence-electron chi connectivity index (χ0n) is 10.5. The minimum atomic E-state index is 0.215. The molecule has 0 atom stereocenters. The smallest absolute Gasteiger partial charge is 0.223 e. The summed E-state index contributed by atoms with van der Waals surface area (Å²) in [6.07, 6.45) is 0.535. The van der Waals surface area contributed by atoms with Gasteiger partial charge in [0.2, 0.25) is 5.91 Å². The SMILES string of the molecule is O=C(CCSc1cc(Cl)ccc1Cl)N1CCNCC1. The van der Waals surface area contributed by atoms with Gasteiger partial charge in [-0.3, -0.25) is 4.79 Å². The van der Waals surface area contributed by atoms with E-state index in [0.29, 0.717) is 16.5 Å². The Hall–Kier alpha value is -0.420. The van der Waals surface area contributed by atoms with Gasteiger partial charge in [-0.15, -0.1) is 11.8 Å². The van der Waals surface area contributed by atoms with Crippen molar-refractivity contribution in [2.45, 2.75) is 11.3 Å². The number of rotatable bonds is 4. The van der Waals surface area contributed by atoms with Gasteiger partial charge in [0.1, 0.15) is 0 Å². The Morgan fingerprint density at radius 1 is 1.32 bits per heavy atom. The number of carbonyl (C=O) groups excluding carboxylic acids is 1. The van der Waals surface area contributed by atoms with Gasteiger partial charge in [0.15, 0.2) is 0 Å². The van der Waals surface area contributed by atoms with Crippen molar-refractivity contribution in [3.05, 3.63) is 28.2 Å². The fraction of sp³-hybridized carbons (Fsp3) is 0.462. The first kappa shape index (κ1) is 15.0. The van der Waals surface area contributed by atoms with Crippen LogP contribution >= 0.6 is 35.0 Å². The lowest BCUT2D eigenvalue weighted by atomic mass is 10.3. The molecule has 19 heavy (non-hydrogen) atoms. The van der Waals surface area contributed by atoms with Crippen molar-refractivity contribution in [3.8, 4) is 0 Å². The van der Waals surface area contributed by atoms with Crippen molar-refractivity contribution in [3.63, 3.8) is 0 Å². The van der Waals surface area contributed by atoms with E-state index >= 15 is 0 Å². The van der Waals surface area contributed by atoms with Crippen LogP contribution in [0.15, 0.2) is 23.1 Å². The maximum Gasteiger partial charge on any atom is 0.223 e. The number of piperazine rings is 1. The van der Waals surface area contributed by atoms with E-state index in [1.165, 1.54) is 0 Å². The molecule has 3 nitrogen and oxygen atoms in total. The summed E-state index contributed by atoms with van der Waals surface area (Å²) >= 11 is 13.6. The number of hydrogen-bond acceptors (Lipinski definition) is 3. The molecule has 1 aromatic carbocycles. The molecule has 0 bridgehead atoms. The van der Waals surface area contributed by atoms with Crippen LogP contribution < -0.4 is 5.32 Å².